The van der Waals surface area contributed by atoms with Gasteiger partial charge >= 0.3 is 6.03 Å². The first kappa shape index (κ1) is 24.4. The van der Waals surface area contributed by atoms with E-state index in [0.29, 0.717) is 23.3 Å². The van der Waals surface area contributed by atoms with Crippen molar-refractivity contribution in [2.45, 2.75) is 52.0 Å². The summed E-state index contributed by atoms with van der Waals surface area (Å²) in [6.07, 6.45) is 5.65. The molecule has 5 nitrogen and oxygen atoms in total. The van der Waals surface area contributed by atoms with Crippen LogP contribution in [-0.4, -0.2) is 38.3 Å². The molecule has 1 aliphatic heterocycles. The third kappa shape index (κ3) is 7.42. The minimum atomic E-state index is -0.185. The Morgan fingerprint density at radius 1 is 1.16 bits per heavy atom. The number of carbonyl (C=O) groups is 1. The Labute approximate surface area is 197 Å². The van der Waals surface area contributed by atoms with E-state index >= 15 is 0 Å². The lowest BCUT2D eigenvalue weighted by molar-refractivity contribution is 0.250. The van der Waals surface area contributed by atoms with Crippen LogP contribution in [0.25, 0.3) is 0 Å². The number of nitrogens with zero attached hydrogens (tertiary/aromatic N) is 1. The quantitative estimate of drug-likeness (QED) is 0.402. The fraction of sp³-hybridized carbons (Fsp3) is 0.500. The highest BCUT2D eigenvalue weighted by molar-refractivity contribution is 6.33. The van der Waals surface area contributed by atoms with Crippen LogP contribution < -0.4 is 20.9 Å². The van der Waals surface area contributed by atoms with Crippen molar-refractivity contribution in [3.8, 4) is 0 Å². The highest BCUT2D eigenvalue weighted by atomic mass is 35.5. The zero-order valence-corrected chi connectivity index (χ0v) is 20.1. The van der Waals surface area contributed by atoms with E-state index in [0.717, 1.165) is 50.5 Å². The van der Waals surface area contributed by atoms with Gasteiger partial charge in [-0.2, -0.15) is 0 Å². The van der Waals surface area contributed by atoms with Crippen molar-refractivity contribution in [1.82, 2.24) is 10.6 Å². The summed E-state index contributed by atoms with van der Waals surface area (Å²) < 4.78 is 0. The van der Waals surface area contributed by atoms with Crippen LogP contribution in [0.5, 0.6) is 0 Å². The second-order valence-electron chi connectivity index (χ2n) is 8.59. The molecule has 0 aliphatic carbocycles. The van der Waals surface area contributed by atoms with Crippen molar-refractivity contribution >= 4 is 29.0 Å². The summed E-state index contributed by atoms with van der Waals surface area (Å²) in [5.74, 6) is 0.740. The average molecular weight is 457 g/mol. The lowest BCUT2D eigenvalue weighted by Gasteiger charge is -2.30. The predicted octanol–water partition coefficient (Wildman–Crippen LogP) is 5.70. The summed E-state index contributed by atoms with van der Waals surface area (Å²) in [6, 6.07) is 16.8. The van der Waals surface area contributed by atoms with Crippen LogP contribution in [0.4, 0.5) is 16.2 Å². The van der Waals surface area contributed by atoms with Crippen LogP contribution in [0.3, 0.4) is 0 Å². The number of rotatable bonds is 10. The van der Waals surface area contributed by atoms with E-state index in [1.165, 1.54) is 18.4 Å². The number of urea groups is 1. The lowest BCUT2D eigenvalue weighted by Crippen LogP contribution is -2.39. The molecule has 0 spiro atoms. The minimum Gasteiger partial charge on any atom is -0.371 e. The van der Waals surface area contributed by atoms with E-state index in [9.17, 15) is 4.79 Å². The Bertz CT molecular complexity index is 841. The number of hydrogen-bond acceptors (Lipinski definition) is 3. The van der Waals surface area contributed by atoms with Gasteiger partial charge in [0.25, 0.3) is 0 Å². The first-order valence-electron chi connectivity index (χ1n) is 12.0. The molecule has 0 bridgehead atoms. The normalized spacial score (nSPS) is 18.2. The third-order valence-electron chi connectivity index (χ3n) is 6.30. The molecule has 0 saturated carbocycles. The molecule has 2 atom stereocenters. The molecule has 0 aromatic heterocycles. The number of amides is 2. The zero-order valence-electron chi connectivity index (χ0n) is 19.4. The zero-order chi connectivity index (χ0) is 22.8. The van der Waals surface area contributed by atoms with Crippen LogP contribution in [0, 0.1) is 5.92 Å². The van der Waals surface area contributed by atoms with Crippen molar-refractivity contribution in [3.63, 3.8) is 0 Å². The van der Waals surface area contributed by atoms with Crippen molar-refractivity contribution in [1.29, 1.82) is 0 Å². The molecule has 1 aliphatic rings. The molecule has 174 valence electrons. The third-order valence-corrected chi connectivity index (χ3v) is 6.60. The Balaban J connectivity index is 1.36. The molecule has 2 unspecified atom stereocenters. The number of halogens is 1. The van der Waals surface area contributed by atoms with Gasteiger partial charge in [-0.15, -0.1) is 0 Å². The van der Waals surface area contributed by atoms with E-state index < -0.39 is 0 Å². The summed E-state index contributed by atoms with van der Waals surface area (Å²) >= 11 is 6.42. The van der Waals surface area contributed by atoms with Gasteiger partial charge in [-0.05, 0) is 82.2 Å². The molecule has 0 radical (unpaired) electrons. The number of piperidine rings is 1. The Kier molecular flexibility index (Phi) is 9.69. The summed E-state index contributed by atoms with van der Waals surface area (Å²) in [5, 5.41) is 10.2. The smallest absolute Gasteiger partial charge is 0.319 e. The molecule has 1 fully saturated rings. The van der Waals surface area contributed by atoms with Crippen LogP contribution in [0.15, 0.2) is 48.5 Å². The fourth-order valence-corrected chi connectivity index (χ4v) is 4.88. The predicted molar refractivity (Wildman–Crippen MR) is 136 cm³/mol. The summed E-state index contributed by atoms with van der Waals surface area (Å²) in [5.41, 5.74) is 3.14. The Morgan fingerprint density at radius 3 is 2.66 bits per heavy atom. The maximum absolute atomic E-state index is 12.3. The fourth-order valence-electron chi connectivity index (χ4n) is 4.58. The van der Waals surface area contributed by atoms with Crippen molar-refractivity contribution in [2.75, 3.05) is 36.4 Å². The maximum atomic E-state index is 12.3. The van der Waals surface area contributed by atoms with Gasteiger partial charge in [0.1, 0.15) is 0 Å². The average Bonchev–Trinajstić information content (AvgIpc) is 2.80. The van der Waals surface area contributed by atoms with Crippen molar-refractivity contribution in [2.24, 2.45) is 5.92 Å². The highest BCUT2D eigenvalue weighted by Crippen LogP contribution is 2.28. The largest absolute Gasteiger partial charge is 0.371 e. The molecule has 1 heterocycles. The number of anilines is 2. The molecule has 2 aromatic carbocycles. The summed E-state index contributed by atoms with van der Waals surface area (Å²) in [7, 11) is 0. The van der Waals surface area contributed by atoms with Crippen molar-refractivity contribution in [3.05, 3.63) is 59.1 Å². The van der Waals surface area contributed by atoms with E-state index in [4.69, 9.17) is 11.6 Å². The van der Waals surface area contributed by atoms with E-state index in [-0.39, 0.29) is 6.03 Å². The van der Waals surface area contributed by atoms with E-state index in [1.807, 2.05) is 18.2 Å². The first-order valence-corrected chi connectivity index (χ1v) is 12.3. The minimum absolute atomic E-state index is 0.185. The van der Waals surface area contributed by atoms with Gasteiger partial charge in [-0.3, -0.25) is 0 Å². The SMILES string of the molecule is CCN(CC)c1ccc(NC(=O)NCCCC2CC(Cc3ccccc3)CCN2)cc1Cl. The Hall–Kier alpha value is -2.24. The number of hydrogen-bond donors (Lipinski definition) is 3. The van der Waals surface area contributed by atoms with Gasteiger partial charge in [0.05, 0.1) is 10.7 Å². The second kappa shape index (κ2) is 12.7. The molecular formula is C26H37ClN4O. The van der Waals surface area contributed by atoms with Gasteiger partial charge in [0.2, 0.25) is 0 Å². The monoisotopic (exact) mass is 456 g/mol. The van der Waals surface area contributed by atoms with Gasteiger partial charge in [-0.25, -0.2) is 4.79 Å². The highest BCUT2D eigenvalue weighted by Gasteiger charge is 2.21. The first-order chi connectivity index (χ1) is 15.6. The molecule has 2 amide bonds. The van der Waals surface area contributed by atoms with Gasteiger partial charge in [-0.1, -0.05) is 41.9 Å². The van der Waals surface area contributed by atoms with Crippen molar-refractivity contribution < 1.29 is 4.79 Å². The van der Waals surface area contributed by atoms with Crippen LogP contribution in [0.2, 0.25) is 5.02 Å². The van der Waals surface area contributed by atoms with Crippen LogP contribution in [-0.2, 0) is 6.42 Å². The van der Waals surface area contributed by atoms with E-state index in [2.05, 4.69) is 65.0 Å². The van der Waals surface area contributed by atoms with Gasteiger partial charge in [0.15, 0.2) is 0 Å². The number of nitrogens with one attached hydrogen (secondary N) is 3. The topological polar surface area (TPSA) is 56.4 Å². The van der Waals surface area contributed by atoms with Gasteiger partial charge in [0, 0.05) is 31.4 Å². The van der Waals surface area contributed by atoms with E-state index in [1.54, 1.807) is 0 Å². The number of carbonyl (C=O) groups excluding carboxylic acids is 1. The van der Waals surface area contributed by atoms with Crippen LogP contribution >= 0.6 is 11.6 Å². The summed E-state index contributed by atoms with van der Waals surface area (Å²) in [6.45, 7) is 7.75. The Morgan fingerprint density at radius 2 is 1.94 bits per heavy atom. The molecule has 2 aromatic rings. The number of benzene rings is 2. The lowest BCUT2D eigenvalue weighted by atomic mass is 9.86. The molecule has 1 saturated heterocycles. The molecule has 3 rings (SSSR count). The molecule has 32 heavy (non-hydrogen) atoms. The van der Waals surface area contributed by atoms with Gasteiger partial charge < -0.3 is 20.9 Å². The maximum Gasteiger partial charge on any atom is 0.319 e. The summed E-state index contributed by atoms with van der Waals surface area (Å²) in [4.78, 5) is 14.5. The molecule has 6 heteroatoms. The molecular weight excluding hydrogens is 420 g/mol. The standard InChI is InChI=1S/C26H37ClN4O/c1-3-31(4-2)25-13-12-23(19-24(25)27)30-26(32)29-15-8-11-22-18-21(14-16-28-22)17-20-9-6-5-7-10-20/h5-7,9-10,12-13,19,21-22,28H,3-4,8,11,14-18H2,1-2H3,(H2,29,30,32). The van der Waals surface area contributed by atoms with Crippen LogP contribution in [0.1, 0.15) is 45.1 Å². The molecule has 3 N–H and O–H groups in total. The second-order valence-corrected chi connectivity index (χ2v) is 9.00.